The van der Waals surface area contributed by atoms with Crippen LogP contribution in [0.5, 0.6) is 0 Å². The number of fused-ring (bicyclic) bond motifs is 1. The van der Waals surface area contributed by atoms with Crippen molar-refractivity contribution in [1.82, 2.24) is 10.3 Å². The van der Waals surface area contributed by atoms with E-state index in [0.717, 1.165) is 16.6 Å². The number of amides is 1. The van der Waals surface area contributed by atoms with Gasteiger partial charge in [0.1, 0.15) is 0 Å². The lowest BCUT2D eigenvalue weighted by Crippen LogP contribution is -2.31. The number of carbonyl (C=O) groups excluding carboxylic acids is 1. The second kappa shape index (κ2) is 6.35. The van der Waals surface area contributed by atoms with E-state index in [0.29, 0.717) is 18.0 Å². The first-order chi connectivity index (χ1) is 9.49. The summed E-state index contributed by atoms with van der Waals surface area (Å²) >= 11 is 3.58. The number of rotatable bonds is 4. The number of nitrogens with one attached hydrogen (secondary N) is 1. The van der Waals surface area contributed by atoms with Gasteiger partial charge in [0.25, 0.3) is 5.91 Å². The molecule has 1 N–H and O–H groups in total. The van der Waals surface area contributed by atoms with E-state index in [1.54, 1.807) is 0 Å². The minimum Gasteiger partial charge on any atom is -0.351 e. The Balaban J connectivity index is 2.26. The topological polar surface area (TPSA) is 42.0 Å². The van der Waals surface area contributed by atoms with Crippen molar-refractivity contribution in [2.24, 2.45) is 5.92 Å². The molecular weight excluding hydrogens is 316 g/mol. The Labute approximate surface area is 127 Å². The van der Waals surface area contributed by atoms with Gasteiger partial charge in [0, 0.05) is 22.5 Å². The fourth-order valence-corrected chi connectivity index (χ4v) is 2.18. The Morgan fingerprint density at radius 2 is 2.05 bits per heavy atom. The quantitative estimate of drug-likeness (QED) is 0.866. The third-order valence-corrected chi connectivity index (χ3v) is 4.65. The van der Waals surface area contributed by atoms with Gasteiger partial charge in [0.2, 0.25) is 0 Å². The zero-order chi connectivity index (χ0) is 14.7. The van der Waals surface area contributed by atoms with Crippen molar-refractivity contribution in [3.8, 4) is 0 Å². The predicted octanol–water partition coefficient (Wildman–Crippen LogP) is 3.69. The van der Waals surface area contributed by atoms with Gasteiger partial charge in [-0.25, -0.2) is 0 Å². The third kappa shape index (κ3) is 3.37. The highest BCUT2D eigenvalue weighted by atomic mass is 79.9. The van der Waals surface area contributed by atoms with Gasteiger partial charge in [-0.3, -0.25) is 9.78 Å². The molecule has 0 saturated carbocycles. The summed E-state index contributed by atoms with van der Waals surface area (Å²) in [5, 5.41) is 3.88. The maximum absolute atomic E-state index is 12.4. The molecule has 4 heteroatoms. The fraction of sp³-hybridized carbons (Fsp3) is 0.375. The molecule has 0 saturated heterocycles. The van der Waals surface area contributed by atoms with Gasteiger partial charge in [-0.1, -0.05) is 48.0 Å². The smallest absolute Gasteiger partial charge is 0.252 e. The van der Waals surface area contributed by atoms with Crippen LogP contribution in [-0.2, 0) is 0 Å². The highest BCUT2D eigenvalue weighted by Gasteiger charge is 2.14. The Morgan fingerprint density at radius 1 is 1.35 bits per heavy atom. The molecule has 0 aliphatic rings. The predicted molar refractivity (Wildman–Crippen MR) is 86.4 cm³/mol. The van der Waals surface area contributed by atoms with Crippen molar-refractivity contribution in [1.29, 1.82) is 0 Å². The average Bonchev–Trinajstić information content (AvgIpc) is 2.43. The maximum Gasteiger partial charge on any atom is 0.252 e. The van der Waals surface area contributed by atoms with Gasteiger partial charge in [-0.05, 0) is 25.0 Å². The van der Waals surface area contributed by atoms with Crippen molar-refractivity contribution in [2.45, 2.75) is 25.6 Å². The Bertz CT molecular complexity index is 625. The molecule has 0 aliphatic heterocycles. The maximum atomic E-state index is 12.4. The second-order valence-electron chi connectivity index (χ2n) is 5.30. The monoisotopic (exact) mass is 334 g/mol. The van der Waals surface area contributed by atoms with Gasteiger partial charge in [-0.15, -0.1) is 0 Å². The van der Waals surface area contributed by atoms with Gasteiger partial charge < -0.3 is 5.32 Å². The van der Waals surface area contributed by atoms with Gasteiger partial charge in [0.15, 0.2) is 0 Å². The molecule has 2 aromatic rings. The van der Waals surface area contributed by atoms with Crippen molar-refractivity contribution >= 4 is 32.7 Å². The molecule has 20 heavy (non-hydrogen) atoms. The number of nitrogens with zero attached hydrogens (tertiary/aromatic N) is 1. The summed E-state index contributed by atoms with van der Waals surface area (Å²) in [4.78, 5) is 17.1. The summed E-state index contributed by atoms with van der Waals surface area (Å²) in [6.07, 6.45) is 0. The highest BCUT2D eigenvalue weighted by Crippen LogP contribution is 2.18. The number of carbonyl (C=O) groups is 1. The van der Waals surface area contributed by atoms with Crippen LogP contribution >= 0.6 is 15.9 Å². The molecule has 1 atom stereocenters. The number of alkyl halides is 1. The summed E-state index contributed by atoms with van der Waals surface area (Å²) in [6.45, 7) is 6.77. The summed E-state index contributed by atoms with van der Waals surface area (Å²) in [7, 11) is 0. The molecule has 1 aromatic heterocycles. The molecular formula is C16H19BrN2O. The molecule has 0 radical (unpaired) electrons. The molecule has 1 aromatic carbocycles. The minimum atomic E-state index is -0.0446. The van der Waals surface area contributed by atoms with Crippen molar-refractivity contribution in [2.75, 3.05) is 6.54 Å². The van der Waals surface area contributed by atoms with E-state index < -0.39 is 0 Å². The average molecular weight is 335 g/mol. The van der Waals surface area contributed by atoms with Crippen LogP contribution in [0.1, 0.15) is 29.9 Å². The fourth-order valence-electron chi connectivity index (χ4n) is 2.02. The lowest BCUT2D eigenvalue weighted by Gasteiger charge is -2.15. The van der Waals surface area contributed by atoms with Crippen LogP contribution in [0.15, 0.2) is 30.3 Å². The van der Waals surface area contributed by atoms with Gasteiger partial charge in [0.05, 0.1) is 11.1 Å². The summed E-state index contributed by atoms with van der Waals surface area (Å²) in [5.74, 6) is 0.433. The molecule has 1 heterocycles. The molecule has 3 nitrogen and oxygen atoms in total. The Kier molecular flexibility index (Phi) is 4.76. The number of pyridine rings is 1. The lowest BCUT2D eigenvalue weighted by atomic mass is 10.1. The van der Waals surface area contributed by atoms with E-state index in [2.05, 4.69) is 40.1 Å². The molecule has 106 valence electrons. The molecule has 0 aliphatic carbocycles. The number of hydrogen-bond donors (Lipinski definition) is 1. The summed E-state index contributed by atoms with van der Waals surface area (Å²) in [5.41, 5.74) is 2.40. The van der Waals surface area contributed by atoms with Gasteiger partial charge in [-0.2, -0.15) is 0 Å². The van der Waals surface area contributed by atoms with E-state index in [4.69, 9.17) is 0 Å². The highest BCUT2D eigenvalue weighted by molar-refractivity contribution is 9.09. The number of benzene rings is 1. The lowest BCUT2D eigenvalue weighted by molar-refractivity contribution is 0.0954. The van der Waals surface area contributed by atoms with Crippen molar-refractivity contribution in [3.05, 3.63) is 41.6 Å². The number of aromatic nitrogens is 1. The van der Waals surface area contributed by atoms with Crippen LogP contribution < -0.4 is 5.32 Å². The standard InChI is InChI=1S/C16H19BrN2O/c1-10(2)14(17)9-18-16(20)13-8-11(3)19-15-7-5-4-6-12(13)15/h4-8,10,14H,9H2,1-3H3,(H,18,20). The third-order valence-electron chi connectivity index (χ3n) is 3.27. The summed E-state index contributed by atoms with van der Waals surface area (Å²) < 4.78 is 0. The van der Waals surface area contributed by atoms with Crippen LogP contribution in [0.3, 0.4) is 0 Å². The molecule has 0 bridgehead atoms. The van der Waals surface area contributed by atoms with Gasteiger partial charge >= 0.3 is 0 Å². The normalized spacial score (nSPS) is 12.7. The largest absolute Gasteiger partial charge is 0.351 e. The molecule has 0 fully saturated rings. The van der Waals surface area contributed by atoms with Crippen LogP contribution in [0, 0.1) is 12.8 Å². The van der Waals surface area contributed by atoms with E-state index >= 15 is 0 Å². The van der Waals surface area contributed by atoms with E-state index in [9.17, 15) is 4.79 Å². The Hall–Kier alpha value is -1.42. The van der Waals surface area contributed by atoms with Crippen LogP contribution in [-0.4, -0.2) is 22.3 Å². The van der Waals surface area contributed by atoms with Crippen molar-refractivity contribution in [3.63, 3.8) is 0 Å². The summed E-state index contributed by atoms with van der Waals surface area (Å²) in [6, 6.07) is 9.57. The molecule has 1 amide bonds. The zero-order valence-corrected chi connectivity index (χ0v) is 13.6. The molecule has 1 unspecified atom stereocenters. The zero-order valence-electron chi connectivity index (χ0n) is 12.0. The minimum absolute atomic E-state index is 0.0446. The second-order valence-corrected chi connectivity index (χ2v) is 6.47. The molecule has 0 spiro atoms. The van der Waals surface area contributed by atoms with E-state index in [-0.39, 0.29) is 10.7 Å². The SMILES string of the molecule is Cc1cc(C(=O)NCC(Br)C(C)C)c2ccccc2n1. The van der Waals surface area contributed by atoms with Crippen LogP contribution in [0.2, 0.25) is 0 Å². The first kappa shape index (κ1) is 15.0. The first-order valence-electron chi connectivity index (χ1n) is 6.77. The van der Waals surface area contributed by atoms with E-state index in [1.165, 1.54) is 0 Å². The number of halogens is 1. The van der Waals surface area contributed by atoms with Crippen LogP contribution in [0.25, 0.3) is 10.9 Å². The number of para-hydroxylation sites is 1. The number of aryl methyl sites for hydroxylation is 1. The Morgan fingerprint density at radius 3 is 2.75 bits per heavy atom. The number of hydrogen-bond acceptors (Lipinski definition) is 2. The first-order valence-corrected chi connectivity index (χ1v) is 7.69. The van der Waals surface area contributed by atoms with Crippen LogP contribution in [0.4, 0.5) is 0 Å². The van der Waals surface area contributed by atoms with Crippen molar-refractivity contribution < 1.29 is 4.79 Å². The van der Waals surface area contributed by atoms with E-state index in [1.807, 2.05) is 37.3 Å². The molecule has 2 rings (SSSR count).